The molecule has 0 spiro atoms. The third kappa shape index (κ3) is 2.82. The Morgan fingerprint density at radius 2 is 1.96 bits per heavy atom. The largest absolute Gasteiger partial charge is 0.490 e. The van der Waals surface area contributed by atoms with E-state index in [-0.39, 0.29) is 0 Å². The van der Waals surface area contributed by atoms with Gasteiger partial charge in [0.2, 0.25) is 0 Å². The summed E-state index contributed by atoms with van der Waals surface area (Å²) in [6.45, 7) is 3.37. The van der Waals surface area contributed by atoms with Crippen LogP contribution < -0.4 is 9.47 Å². The molecule has 0 aliphatic carbocycles. The zero-order chi connectivity index (χ0) is 17.3. The second kappa shape index (κ2) is 6.65. The average Bonchev–Trinajstić information content (AvgIpc) is 3.22. The first-order chi connectivity index (χ1) is 12.9. The normalized spacial score (nSPS) is 20.4. The number of ether oxygens (including phenoxy) is 2. The van der Waals surface area contributed by atoms with Crippen LogP contribution in [0.5, 0.6) is 11.5 Å². The van der Waals surface area contributed by atoms with E-state index in [2.05, 4.69) is 34.1 Å². The van der Waals surface area contributed by atoms with Crippen LogP contribution >= 0.6 is 0 Å². The monoisotopic (exact) mass is 349 g/mol. The summed E-state index contributed by atoms with van der Waals surface area (Å²) in [6.07, 6.45) is 3.25. The van der Waals surface area contributed by atoms with Crippen molar-refractivity contribution in [3.8, 4) is 11.5 Å². The van der Waals surface area contributed by atoms with Gasteiger partial charge in [0.15, 0.2) is 11.5 Å². The highest BCUT2D eigenvalue weighted by atomic mass is 16.5. The number of H-pyrrole nitrogens is 1. The molecule has 1 atom stereocenters. The number of likely N-dealkylation sites (tertiary alicyclic amines) is 1. The first-order valence-corrected chi connectivity index (χ1v) is 9.45. The molecule has 0 unspecified atom stereocenters. The SMILES string of the molecule is c1cc(CN2CCC[C@@H]2c2nc3ccccc3[nH]2)c2c(c1)OCCCO2. The molecule has 2 aromatic carbocycles. The molecular formula is C21H23N3O2. The summed E-state index contributed by atoms with van der Waals surface area (Å²) in [5.74, 6) is 2.86. The van der Waals surface area contributed by atoms with Gasteiger partial charge in [-0.05, 0) is 37.6 Å². The molecule has 1 N–H and O–H groups in total. The van der Waals surface area contributed by atoms with E-state index in [9.17, 15) is 0 Å². The number of rotatable bonds is 3. The van der Waals surface area contributed by atoms with Gasteiger partial charge in [-0.25, -0.2) is 4.98 Å². The molecule has 26 heavy (non-hydrogen) atoms. The van der Waals surface area contributed by atoms with E-state index in [1.807, 2.05) is 18.2 Å². The first kappa shape index (κ1) is 15.7. The topological polar surface area (TPSA) is 50.4 Å². The van der Waals surface area contributed by atoms with Gasteiger partial charge in [-0.2, -0.15) is 0 Å². The van der Waals surface area contributed by atoms with E-state index < -0.39 is 0 Å². The van der Waals surface area contributed by atoms with Gasteiger partial charge in [0.1, 0.15) is 5.82 Å². The Morgan fingerprint density at radius 3 is 2.92 bits per heavy atom. The van der Waals surface area contributed by atoms with E-state index in [0.29, 0.717) is 6.04 Å². The highest BCUT2D eigenvalue weighted by Crippen LogP contribution is 2.38. The molecule has 0 saturated carbocycles. The van der Waals surface area contributed by atoms with Crippen molar-refractivity contribution in [2.24, 2.45) is 0 Å². The molecule has 5 heteroatoms. The van der Waals surface area contributed by atoms with Crippen molar-refractivity contribution in [1.29, 1.82) is 0 Å². The maximum atomic E-state index is 6.00. The number of nitrogens with one attached hydrogen (secondary N) is 1. The number of benzene rings is 2. The summed E-state index contributed by atoms with van der Waals surface area (Å²) in [4.78, 5) is 10.9. The second-order valence-electron chi connectivity index (χ2n) is 7.06. The maximum Gasteiger partial charge on any atom is 0.165 e. The lowest BCUT2D eigenvalue weighted by Gasteiger charge is -2.24. The van der Waals surface area contributed by atoms with Gasteiger partial charge in [0.25, 0.3) is 0 Å². The van der Waals surface area contributed by atoms with Crippen LogP contribution in [0.2, 0.25) is 0 Å². The molecule has 0 amide bonds. The zero-order valence-corrected chi connectivity index (χ0v) is 14.8. The fourth-order valence-electron chi connectivity index (χ4n) is 4.05. The van der Waals surface area contributed by atoms with Gasteiger partial charge in [0, 0.05) is 18.5 Å². The summed E-state index contributed by atoms with van der Waals surface area (Å²) in [7, 11) is 0. The van der Waals surface area contributed by atoms with Crippen molar-refractivity contribution < 1.29 is 9.47 Å². The number of para-hydroxylation sites is 3. The summed E-state index contributed by atoms with van der Waals surface area (Å²) in [5, 5.41) is 0. The van der Waals surface area contributed by atoms with E-state index in [4.69, 9.17) is 14.5 Å². The standard InChI is InChI=1S/C21H23N3O2/c1-2-8-17-16(7-1)22-21(23-17)18-9-4-11-24(18)14-15-6-3-10-19-20(15)26-13-5-12-25-19/h1-3,6-8,10,18H,4-5,9,11-14H2,(H,22,23)/t18-/m1/s1. The van der Waals surface area contributed by atoms with E-state index in [1.165, 1.54) is 12.0 Å². The van der Waals surface area contributed by atoms with Crippen molar-refractivity contribution in [3.05, 3.63) is 53.9 Å². The minimum Gasteiger partial charge on any atom is -0.490 e. The molecular weight excluding hydrogens is 326 g/mol. The zero-order valence-electron chi connectivity index (χ0n) is 14.8. The van der Waals surface area contributed by atoms with Crippen molar-refractivity contribution in [1.82, 2.24) is 14.9 Å². The van der Waals surface area contributed by atoms with Crippen molar-refractivity contribution in [2.75, 3.05) is 19.8 Å². The Kier molecular flexibility index (Phi) is 4.02. The molecule has 134 valence electrons. The molecule has 1 fully saturated rings. The van der Waals surface area contributed by atoms with Gasteiger partial charge in [-0.15, -0.1) is 0 Å². The lowest BCUT2D eigenvalue weighted by atomic mass is 10.1. The number of hydrogen-bond acceptors (Lipinski definition) is 4. The number of aromatic nitrogens is 2. The second-order valence-corrected chi connectivity index (χ2v) is 7.06. The lowest BCUT2D eigenvalue weighted by molar-refractivity contribution is 0.234. The van der Waals surface area contributed by atoms with E-state index in [0.717, 1.165) is 67.5 Å². The minimum atomic E-state index is 0.324. The van der Waals surface area contributed by atoms with Crippen molar-refractivity contribution in [3.63, 3.8) is 0 Å². The Hall–Kier alpha value is -2.53. The first-order valence-electron chi connectivity index (χ1n) is 9.45. The number of fused-ring (bicyclic) bond motifs is 2. The van der Waals surface area contributed by atoms with Crippen LogP contribution in [-0.2, 0) is 6.54 Å². The number of nitrogens with zero attached hydrogens (tertiary/aromatic N) is 2. The van der Waals surface area contributed by atoms with Crippen LogP contribution in [0.25, 0.3) is 11.0 Å². The number of aromatic amines is 1. The lowest BCUT2D eigenvalue weighted by Crippen LogP contribution is -2.24. The van der Waals surface area contributed by atoms with Crippen LogP contribution in [0, 0.1) is 0 Å². The Balaban J connectivity index is 1.43. The van der Waals surface area contributed by atoms with Crippen molar-refractivity contribution >= 4 is 11.0 Å². The Labute approximate surface area is 152 Å². The van der Waals surface area contributed by atoms with Gasteiger partial charge in [-0.3, -0.25) is 4.90 Å². The molecule has 3 heterocycles. The van der Waals surface area contributed by atoms with Crippen LogP contribution in [-0.4, -0.2) is 34.6 Å². The molecule has 1 aromatic heterocycles. The number of imidazole rings is 1. The Bertz CT molecular complexity index is 888. The van der Waals surface area contributed by atoms with Crippen LogP contribution in [0.15, 0.2) is 42.5 Å². The fourth-order valence-corrected chi connectivity index (χ4v) is 4.05. The fraction of sp³-hybridized carbons (Fsp3) is 0.381. The summed E-state index contributed by atoms with van der Waals surface area (Å²) >= 11 is 0. The predicted molar refractivity (Wildman–Crippen MR) is 101 cm³/mol. The molecule has 5 rings (SSSR count). The van der Waals surface area contributed by atoms with Gasteiger partial charge in [-0.1, -0.05) is 24.3 Å². The molecule has 0 bridgehead atoms. The average molecular weight is 349 g/mol. The maximum absolute atomic E-state index is 6.00. The molecule has 1 saturated heterocycles. The third-order valence-corrected chi connectivity index (χ3v) is 5.31. The van der Waals surface area contributed by atoms with Crippen LogP contribution in [0.4, 0.5) is 0 Å². The van der Waals surface area contributed by atoms with E-state index >= 15 is 0 Å². The third-order valence-electron chi connectivity index (χ3n) is 5.31. The molecule has 3 aromatic rings. The smallest absolute Gasteiger partial charge is 0.165 e. The Morgan fingerprint density at radius 1 is 1.04 bits per heavy atom. The molecule has 5 nitrogen and oxygen atoms in total. The van der Waals surface area contributed by atoms with Gasteiger partial charge in [0.05, 0.1) is 30.3 Å². The van der Waals surface area contributed by atoms with Crippen molar-refractivity contribution in [2.45, 2.75) is 31.8 Å². The molecule has 0 radical (unpaired) electrons. The highest BCUT2D eigenvalue weighted by molar-refractivity contribution is 5.74. The molecule has 2 aliphatic rings. The quantitative estimate of drug-likeness (QED) is 0.775. The molecule has 2 aliphatic heterocycles. The summed E-state index contributed by atoms with van der Waals surface area (Å²) < 4.78 is 11.8. The van der Waals surface area contributed by atoms with Crippen LogP contribution in [0.3, 0.4) is 0 Å². The van der Waals surface area contributed by atoms with Gasteiger partial charge < -0.3 is 14.5 Å². The summed E-state index contributed by atoms with van der Waals surface area (Å²) in [6, 6.07) is 14.8. The highest BCUT2D eigenvalue weighted by Gasteiger charge is 2.29. The van der Waals surface area contributed by atoms with Gasteiger partial charge >= 0.3 is 0 Å². The minimum absolute atomic E-state index is 0.324. The summed E-state index contributed by atoms with van der Waals surface area (Å²) in [5.41, 5.74) is 3.35. The van der Waals surface area contributed by atoms with Crippen LogP contribution in [0.1, 0.15) is 36.7 Å². The predicted octanol–water partition coefficient (Wildman–Crippen LogP) is 4.06. The number of hydrogen-bond donors (Lipinski definition) is 1. The van der Waals surface area contributed by atoms with E-state index in [1.54, 1.807) is 0 Å².